The minimum Gasteiger partial charge on any atom is -0.480 e. The zero-order valence-corrected chi connectivity index (χ0v) is 36.6. The highest BCUT2D eigenvalue weighted by Crippen LogP contribution is 2.43. The normalized spacial score (nSPS) is 13.8. The number of phosphoric acid groups is 1. The van der Waals surface area contributed by atoms with E-state index in [0.29, 0.717) is 19.3 Å². The predicted octanol–water partition coefficient (Wildman–Crippen LogP) is 11.0. The van der Waals surface area contributed by atoms with Crippen molar-refractivity contribution < 1.29 is 52.3 Å². The van der Waals surface area contributed by atoms with E-state index in [-0.39, 0.29) is 25.2 Å². The Morgan fingerprint density at radius 1 is 0.579 bits per heavy atom. The fourth-order valence-corrected chi connectivity index (χ4v) is 6.88. The van der Waals surface area contributed by atoms with Gasteiger partial charge in [-0.05, 0) is 38.2 Å². The van der Waals surface area contributed by atoms with Crippen LogP contribution in [0.2, 0.25) is 0 Å². The number of aliphatic carboxylic acids is 1. The molecule has 0 aromatic carbocycles. The molecule has 0 saturated carbocycles. The summed E-state index contributed by atoms with van der Waals surface area (Å²) in [6.07, 6.45) is 36.3. The van der Waals surface area contributed by atoms with Gasteiger partial charge in [0.05, 0.1) is 13.2 Å². The van der Waals surface area contributed by atoms with Crippen LogP contribution in [0.4, 0.5) is 0 Å². The first-order valence-corrected chi connectivity index (χ1v) is 23.8. The van der Waals surface area contributed by atoms with E-state index in [9.17, 15) is 28.6 Å². The second-order valence-electron chi connectivity index (χ2n) is 15.2. The predicted molar refractivity (Wildman–Crippen MR) is 227 cm³/mol. The maximum absolute atomic E-state index is 12.6. The highest BCUT2D eigenvalue weighted by atomic mass is 31.2. The van der Waals surface area contributed by atoms with Gasteiger partial charge in [0.15, 0.2) is 11.9 Å². The van der Waals surface area contributed by atoms with E-state index >= 15 is 0 Å². The van der Waals surface area contributed by atoms with E-state index < -0.39 is 51.1 Å². The van der Waals surface area contributed by atoms with Crippen molar-refractivity contribution in [3.8, 4) is 0 Å². The molecule has 0 aliphatic heterocycles. The van der Waals surface area contributed by atoms with Crippen LogP contribution < -0.4 is 5.73 Å². The van der Waals surface area contributed by atoms with Crippen LogP contribution in [-0.2, 0) is 42.3 Å². The average molecular weight is 830 g/mol. The zero-order chi connectivity index (χ0) is 42.2. The van der Waals surface area contributed by atoms with Gasteiger partial charge in [0.25, 0.3) is 0 Å². The summed E-state index contributed by atoms with van der Waals surface area (Å²) in [7, 11) is -4.74. The lowest BCUT2D eigenvalue weighted by Gasteiger charge is -2.20. The minimum absolute atomic E-state index is 0.101. The molecular weight excluding hydrogens is 749 g/mol. The summed E-state index contributed by atoms with van der Waals surface area (Å²) in [5.74, 6) is -2.38. The molecule has 12 nitrogen and oxygen atoms in total. The number of carbonyl (C=O) groups excluding carboxylic acids is 3. The van der Waals surface area contributed by atoms with Crippen molar-refractivity contribution in [1.29, 1.82) is 0 Å². The Labute approximate surface area is 345 Å². The number of allylic oxidation sites excluding steroid dienone is 4. The number of phosphoric ester groups is 1. The van der Waals surface area contributed by atoms with Crippen molar-refractivity contribution in [3.05, 3.63) is 24.3 Å². The van der Waals surface area contributed by atoms with Crippen molar-refractivity contribution in [2.24, 2.45) is 5.73 Å². The first-order valence-electron chi connectivity index (χ1n) is 22.3. The van der Waals surface area contributed by atoms with E-state index in [4.69, 9.17) is 24.8 Å². The summed E-state index contributed by atoms with van der Waals surface area (Å²) in [6.45, 7) is 2.65. The molecule has 332 valence electrons. The van der Waals surface area contributed by atoms with Gasteiger partial charge in [0.1, 0.15) is 12.6 Å². The van der Waals surface area contributed by atoms with Crippen LogP contribution in [0.15, 0.2) is 24.3 Å². The van der Waals surface area contributed by atoms with Crippen LogP contribution in [0.25, 0.3) is 0 Å². The lowest BCUT2D eigenvalue weighted by atomic mass is 10.0. The number of carboxylic acid groups (broad SMARTS) is 1. The Morgan fingerprint density at radius 2 is 1.02 bits per heavy atom. The molecule has 4 N–H and O–H groups in total. The molecule has 0 fully saturated rings. The molecule has 0 spiro atoms. The van der Waals surface area contributed by atoms with Crippen LogP contribution in [-0.4, -0.2) is 65.7 Å². The lowest BCUT2D eigenvalue weighted by molar-refractivity contribution is -0.161. The second kappa shape index (κ2) is 39.1. The van der Waals surface area contributed by atoms with Crippen LogP contribution in [0, 0.1) is 0 Å². The first-order chi connectivity index (χ1) is 27.5. The molecule has 1 unspecified atom stereocenters. The van der Waals surface area contributed by atoms with Crippen LogP contribution in [0.1, 0.15) is 200 Å². The van der Waals surface area contributed by atoms with Gasteiger partial charge in [0, 0.05) is 19.3 Å². The molecule has 57 heavy (non-hydrogen) atoms. The van der Waals surface area contributed by atoms with Gasteiger partial charge in [-0.1, -0.05) is 167 Å². The quantitative estimate of drug-likeness (QED) is 0.0174. The highest BCUT2D eigenvalue weighted by molar-refractivity contribution is 7.47. The minimum atomic E-state index is -4.74. The molecule has 0 bridgehead atoms. The molecule has 0 aromatic heterocycles. The van der Waals surface area contributed by atoms with Gasteiger partial charge in [0.2, 0.25) is 0 Å². The second-order valence-corrected chi connectivity index (χ2v) is 16.7. The molecular formula is C44H80NO11P. The fourth-order valence-electron chi connectivity index (χ4n) is 6.11. The van der Waals surface area contributed by atoms with Crippen LogP contribution in [0.3, 0.4) is 0 Å². The topological polar surface area (TPSA) is 189 Å². The van der Waals surface area contributed by atoms with Gasteiger partial charge in [-0.3, -0.25) is 28.2 Å². The average Bonchev–Trinajstić information content (AvgIpc) is 3.18. The number of rotatable bonds is 42. The number of hydrogen-bond donors (Lipinski definition) is 3. The van der Waals surface area contributed by atoms with E-state index in [2.05, 4.69) is 24.4 Å². The molecule has 0 heterocycles. The van der Waals surface area contributed by atoms with Crippen LogP contribution in [0.5, 0.6) is 0 Å². The van der Waals surface area contributed by atoms with Gasteiger partial charge >= 0.3 is 25.7 Å². The largest absolute Gasteiger partial charge is 0.480 e. The Hall–Kier alpha value is -2.37. The number of unbranched alkanes of at least 4 members (excludes halogenated alkanes) is 23. The summed E-state index contributed by atoms with van der Waals surface area (Å²) < 4.78 is 32.6. The van der Waals surface area contributed by atoms with E-state index in [1.54, 1.807) is 12.2 Å². The number of ether oxygens (including phenoxy) is 2. The van der Waals surface area contributed by atoms with E-state index in [1.165, 1.54) is 96.3 Å². The number of ketones is 1. The SMILES string of the molecule is CCCCC/C=C\C=C\C(=O)CCCCCCCC(=O)OC[C@H](COP(=O)(O)OC[C@H](N)C(=O)O)OC(=O)CCCCCCCCCCCCCCCCCCC. The first kappa shape index (κ1) is 54.6. The van der Waals surface area contributed by atoms with Crippen molar-refractivity contribution in [3.63, 3.8) is 0 Å². The molecule has 0 aliphatic rings. The molecule has 0 radical (unpaired) electrons. The standard InChI is InChI=1S/C44H80NO11P/c1-3-5-7-9-11-12-13-14-15-16-17-18-19-20-22-26-31-35-43(48)56-40(37-54-57(51,52)55-38-41(45)44(49)50)36-53-42(47)34-30-27-23-25-29-33-39(46)32-28-24-21-10-8-6-4-2/h21,24,28,32,40-41H,3-20,22-23,25-27,29-31,33-38,45H2,1-2H3,(H,49,50)(H,51,52)/b24-21-,32-28+/t40-,41+/m1/s1. The van der Waals surface area contributed by atoms with Crippen molar-refractivity contribution in [2.45, 2.75) is 212 Å². The maximum Gasteiger partial charge on any atom is 0.472 e. The smallest absolute Gasteiger partial charge is 0.472 e. The van der Waals surface area contributed by atoms with Crippen molar-refractivity contribution in [1.82, 2.24) is 0 Å². The maximum atomic E-state index is 12.6. The molecule has 0 rings (SSSR count). The summed E-state index contributed by atoms with van der Waals surface area (Å²) in [5, 5.41) is 8.89. The zero-order valence-electron chi connectivity index (χ0n) is 35.7. The van der Waals surface area contributed by atoms with Crippen molar-refractivity contribution in [2.75, 3.05) is 19.8 Å². The third kappa shape index (κ3) is 38.9. The molecule has 0 aliphatic carbocycles. The van der Waals surface area contributed by atoms with Gasteiger partial charge < -0.3 is 25.2 Å². The lowest BCUT2D eigenvalue weighted by Crippen LogP contribution is -2.34. The van der Waals surface area contributed by atoms with Gasteiger partial charge in [-0.25, -0.2) is 4.57 Å². The number of carbonyl (C=O) groups is 4. The van der Waals surface area contributed by atoms with Gasteiger partial charge in [-0.2, -0.15) is 0 Å². The van der Waals surface area contributed by atoms with Crippen LogP contribution >= 0.6 is 7.82 Å². The fraction of sp³-hybridized carbons (Fsp3) is 0.818. The Bertz CT molecular complexity index is 1130. The van der Waals surface area contributed by atoms with E-state index in [1.807, 2.05) is 6.08 Å². The third-order valence-corrected chi connectivity index (χ3v) is 10.6. The third-order valence-electron chi connectivity index (χ3n) is 9.68. The molecule has 3 atom stereocenters. The van der Waals surface area contributed by atoms with Gasteiger partial charge in [-0.15, -0.1) is 0 Å². The number of carboxylic acids is 1. The molecule has 13 heteroatoms. The van der Waals surface area contributed by atoms with Crippen molar-refractivity contribution >= 4 is 31.5 Å². The number of esters is 2. The summed E-state index contributed by atoms with van der Waals surface area (Å²) in [6, 6.07) is -1.54. The summed E-state index contributed by atoms with van der Waals surface area (Å²) in [4.78, 5) is 58.0. The molecule has 0 amide bonds. The Kier molecular flexibility index (Phi) is 37.5. The Balaban J connectivity index is 4.40. The summed E-state index contributed by atoms with van der Waals surface area (Å²) in [5.41, 5.74) is 5.33. The Morgan fingerprint density at radius 3 is 1.53 bits per heavy atom. The molecule has 0 aromatic rings. The number of nitrogens with two attached hydrogens (primary N) is 1. The highest BCUT2D eigenvalue weighted by Gasteiger charge is 2.28. The number of hydrogen-bond acceptors (Lipinski definition) is 10. The monoisotopic (exact) mass is 830 g/mol. The molecule has 0 saturated heterocycles. The summed E-state index contributed by atoms with van der Waals surface area (Å²) >= 11 is 0. The van der Waals surface area contributed by atoms with E-state index in [0.717, 1.165) is 57.8 Å².